The molecule has 0 aliphatic carbocycles. The number of carbonyl (C=O) groups excluding carboxylic acids is 1. The minimum absolute atomic E-state index is 0.260. The van der Waals surface area contributed by atoms with Gasteiger partial charge in [-0.25, -0.2) is 0 Å². The highest BCUT2D eigenvalue weighted by Gasteiger charge is 2.13. The molecule has 1 aliphatic rings. The lowest BCUT2D eigenvalue weighted by molar-refractivity contribution is -0.866. The Bertz CT molecular complexity index is 160. The molecule has 0 bridgehead atoms. The van der Waals surface area contributed by atoms with Crippen LogP contribution in [0.1, 0.15) is 6.92 Å². The van der Waals surface area contributed by atoms with Crippen LogP contribution in [-0.4, -0.2) is 25.9 Å². The van der Waals surface area contributed by atoms with Crippen molar-refractivity contribution in [2.24, 2.45) is 0 Å². The number of likely N-dealkylation sites (N-methyl/N-ethyl adjacent to an activating group) is 1. The molecule has 9 heavy (non-hydrogen) atoms. The Labute approximate surface area is 55.2 Å². The normalized spacial score (nSPS) is 28.0. The minimum Gasteiger partial charge on any atom is -0.327 e. The van der Waals surface area contributed by atoms with E-state index in [1.165, 1.54) is 10.5 Å². The summed E-state index contributed by atoms with van der Waals surface area (Å²) in [6.45, 7) is 3.68. The molecule has 0 aromatic heterocycles. The van der Waals surface area contributed by atoms with E-state index in [0.29, 0.717) is 6.54 Å². The van der Waals surface area contributed by atoms with Gasteiger partial charge in [-0.2, -0.15) is 0 Å². The standard InChI is InChI=1S/C7H11NO/c1-6-3-7(9)5-8(2)4-6/h3H,4-5H2,1-2H3/p+1. The number of nitrogens with one attached hydrogen (secondary N) is 1. The lowest BCUT2D eigenvalue weighted by Gasteiger charge is -2.16. The van der Waals surface area contributed by atoms with Gasteiger partial charge in [0.1, 0.15) is 6.54 Å². The SMILES string of the molecule is CC1=CC(=O)C[NH+](C)C1. The van der Waals surface area contributed by atoms with Gasteiger partial charge in [0, 0.05) is 0 Å². The van der Waals surface area contributed by atoms with Crippen LogP contribution < -0.4 is 4.90 Å². The second-order valence-electron chi connectivity index (χ2n) is 2.77. The van der Waals surface area contributed by atoms with Gasteiger partial charge in [0.15, 0.2) is 0 Å². The largest absolute Gasteiger partial charge is 0.327 e. The van der Waals surface area contributed by atoms with E-state index in [9.17, 15) is 4.79 Å². The van der Waals surface area contributed by atoms with Crippen LogP contribution in [0.5, 0.6) is 0 Å². The third-order valence-corrected chi connectivity index (χ3v) is 1.46. The molecule has 1 N–H and O–H groups in total. The number of rotatable bonds is 0. The van der Waals surface area contributed by atoms with Crippen LogP contribution in [0.4, 0.5) is 0 Å². The molecule has 0 saturated carbocycles. The second-order valence-corrected chi connectivity index (χ2v) is 2.77. The minimum atomic E-state index is 0.260. The van der Waals surface area contributed by atoms with Gasteiger partial charge in [-0.3, -0.25) is 4.79 Å². The molecule has 0 saturated heterocycles. The lowest BCUT2D eigenvalue weighted by atomic mass is 10.1. The van der Waals surface area contributed by atoms with Gasteiger partial charge in [0.05, 0.1) is 13.6 Å². The summed E-state index contributed by atoms with van der Waals surface area (Å²) in [5.74, 6) is 0.260. The fraction of sp³-hybridized carbons (Fsp3) is 0.571. The van der Waals surface area contributed by atoms with Crippen molar-refractivity contribution in [2.75, 3.05) is 20.1 Å². The lowest BCUT2D eigenvalue weighted by Crippen LogP contribution is -3.10. The summed E-state index contributed by atoms with van der Waals surface area (Å²) in [6, 6.07) is 0. The number of quaternary nitrogens is 1. The van der Waals surface area contributed by atoms with Crippen LogP contribution in [0.15, 0.2) is 11.6 Å². The first-order valence-corrected chi connectivity index (χ1v) is 3.20. The number of hydrogen-bond donors (Lipinski definition) is 1. The first-order valence-electron chi connectivity index (χ1n) is 3.20. The Morgan fingerprint density at radius 2 is 2.22 bits per heavy atom. The molecule has 1 heterocycles. The van der Waals surface area contributed by atoms with E-state index in [1.807, 2.05) is 14.0 Å². The molecule has 1 aliphatic heterocycles. The van der Waals surface area contributed by atoms with Crippen molar-refractivity contribution < 1.29 is 9.69 Å². The van der Waals surface area contributed by atoms with Crippen LogP contribution in [0.25, 0.3) is 0 Å². The fourth-order valence-electron chi connectivity index (χ4n) is 1.21. The van der Waals surface area contributed by atoms with Crippen LogP contribution in [0.2, 0.25) is 0 Å². The molecule has 0 radical (unpaired) electrons. The molecular weight excluding hydrogens is 114 g/mol. The van der Waals surface area contributed by atoms with Crippen molar-refractivity contribution in [2.45, 2.75) is 6.92 Å². The van der Waals surface area contributed by atoms with E-state index in [0.717, 1.165) is 6.54 Å². The van der Waals surface area contributed by atoms with Gasteiger partial charge in [-0.15, -0.1) is 0 Å². The van der Waals surface area contributed by atoms with E-state index >= 15 is 0 Å². The summed E-state index contributed by atoms with van der Waals surface area (Å²) in [5, 5.41) is 0. The maximum atomic E-state index is 10.8. The van der Waals surface area contributed by atoms with Crippen molar-refractivity contribution in [3.63, 3.8) is 0 Å². The maximum absolute atomic E-state index is 10.8. The van der Waals surface area contributed by atoms with Gasteiger partial charge in [-0.05, 0) is 18.6 Å². The van der Waals surface area contributed by atoms with Crippen molar-refractivity contribution in [1.82, 2.24) is 0 Å². The monoisotopic (exact) mass is 126 g/mol. The highest BCUT2D eigenvalue weighted by molar-refractivity contribution is 5.91. The Morgan fingerprint density at radius 3 is 2.67 bits per heavy atom. The second kappa shape index (κ2) is 2.31. The summed E-state index contributed by atoms with van der Waals surface area (Å²) in [5.41, 5.74) is 1.20. The zero-order valence-electron chi connectivity index (χ0n) is 5.90. The van der Waals surface area contributed by atoms with Crippen LogP contribution in [0, 0.1) is 0 Å². The topological polar surface area (TPSA) is 21.5 Å². The summed E-state index contributed by atoms with van der Waals surface area (Å²) in [4.78, 5) is 12.1. The molecule has 0 spiro atoms. The Balaban J connectivity index is 2.67. The summed E-state index contributed by atoms with van der Waals surface area (Å²) in [7, 11) is 2.04. The van der Waals surface area contributed by atoms with Gasteiger partial charge in [-0.1, -0.05) is 0 Å². The van der Waals surface area contributed by atoms with Gasteiger partial charge >= 0.3 is 0 Å². The Morgan fingerprint density at radius 1 is 1.56 bits per heavy atom. The third kappa shape index (κ3) is 1.64. The Kier molecular flexibility index (Phi) is 1.67. The van der Waals surface area contributed by atoms with E-state index in [-0.39, 0.29) is 5.78 Å². The number of ketones is 1. The number of carbonyl (C=O) groups is 1. The van der Waals surface area contributed by atoms with Crippen molar-refractivity contribution in [3.8, 4) is 0 Å². The summed E-state index contributed by atoms with van der Waals surface area (Å²) >= 11 is 0. The smallest absolute Gasteiger partial charge is 0.209 e. The zero-order chi connectivity index (χ0) is 6.85. The first-order chi connectivity index (χ1) is 4.18. The quantitative estimate of drug-likeness (QED) is 0.443. The molecule has 1 rings (SSSR count). The molecule has 0 fully saturated rings. The third-order valence-electron chi connectivity index (χ3n) is 1.46. The molecular formula is C7H12NO+. The number of hydrogen-bond acceptors (Lipinski definition) is 1. The van der Waals surface area contributed by atoms with E-state index in [2.05, 4.69) is 0 Å². The highest BCUT2D eigenvalue weighted by atomic mass is 16.1. The van der Waals surface area contributed by atoms with Crippen molar-refractivity contribution in [1.29, 1.82) is 0 Å². The molecule has 0 amide bonds. The summed E-state index contributed by atoms with van der Waals surface area (Å²) < 4.78 is 0. The highest BCUT2D eigenvalue weighted by Crippen LogP contribution is 1.90. The maximum Gasteiger partial charge on any atom is 0.209 e. The molecule has 50 valence electrons. The molecule has 1 unspecified atom stereocenters. The Hall–Kier alpha value is -0.630. The van der Waals surface area contributed by atoms with E-state index in [1.54, 1.807) is 6.08 Å². The first kappa shape index (κ1) is 6.49. The van der Waals surface area contributed by atoms with Gasteiger partial charge in [0.2, 0.25) is 5.78 Å². The average Bonchev–Trinajstić information content (AvgIpc) is 1.59. The van der Waals surface area contributed by atoms with Crippen LogP contribution in [0.3, 0.4) is 0 Å². The molecule has 1 atom stereocenters. The van der Waals surface area contributed by atoms with Crippen LogP contribution in [-0.2, 0) is 4.79 Å². The van der Waals surface area contributed by atoms with Gasteiger partial charge < -0.3 is 4.90 Å². The molecule has 2 nitrogen and oxygen atoms in total. The molecule has 0 aromatic carbocycles. The molecule has 0 aromatic rings. The summed E-state index contributed by atoms with van der Waals surface area (Å²) in [6.07, 6.45) is 1.74. The van der Waals surface area contributed by atoms with E-state index in [4.69, 9.17) is 0 Å². The predicted octanol–water partition coefficient (Wildman–Crippen LogP) is -0.970. The predicted molar refractivity (Wildman–Crippen MR) is 35.4 cm³/mol. The van der Waals surface area contributed by atoms with Crippen molar-refractivity contribution >= 4 is 5.78 Å². The molecule has 2 heteroatoms. The van der Waals surface area contributed by atoms with Crippen molar-refractivity contribution in [3.05, 3.63) is 11.6 Å². The van der Waals surface area contributed by atoms with Crippen LogP contribution >= 0.6 is 0 Å². The fourth-order valence-corrected chi connectivity index (χ4v) is 1.21. The van der Waals surface area contributed by atoms with E-state index < -0.39 is 0 Å². The van der Waals surface area contributed by atoms with Gasteiger partial charge in [0.25, 0.3) is 0 Å². The zero-order valence-corrected chi connectivity index (χ0v) is 5.90. The average molecular weight is 126 g/mol.